The molecule has 9 nitrogen and oxygen atoms in total. The van der Waals surface area contributed by atoms with E-state index >= 15 is 0 Å². The monoisotopic (exact) mass is 426 g/mol. The molecule has 2 aromatic heterocycles. The van der Waals surface area contributed by atoms with Crippen molar-refractivity contribution in [2.24, 2.45) is 0 Å². The molecule has 0 spiro atoms. The van der Waals surface area contributed by atoms with E-state index in [-0.39, 0.29) is 33.9 Å². The van der Waals surface area contributed by atoms with Crippen molar-refractivity contribution < 1.29 is 14.6 Å². The number of nitro groups is 2. The zero-order valence-electron chi connectivity index (χ0n) is 16.4. The summed E-state index contributed by atoms with van der Waals surface area (Å²) >= 11 is 0. The molecule has 2 heterocycles. The lowest BCUT2D eigenvalue weighted by atomic mass is 9.95. The molecule has 4 aromatic rings. The molecule has 0 radical (unpaired) electrons. The SMILES string of the molecule is O=C(c1cccnc1-c1cccc([N+](=O)[O-])c1)c1cccnc1-c1cccc([N+](=O)[O-])c1. The highest BCUT2D eigenvalue weighted by Crippen LogP contribution is 2.30. The summed E-state index contributed by atoms with van der Waals surface area (Å²) in [4.78, 5) is 43.4. The average Bonchev–Trinajstić information content (AvgIpc) is 2.83. The topological polar surface area (TPSA) is 129 Å². The zero-order valence-corrected chi connectivity index (χ0v) is 16.4. The maximum atomic E-state index is 13.5. The van der Waals surface area contributed by atoms with Crippen LogP contribution in [0.2, 0.25) is 0 Å². The van der Waals surface area contributed by atoms with E-state index in [0.717, 1.165) is 0 Å². The Morgan fingerprint density at radius 2 is 1.09 bits per heavy atom. The van der Waals surface area contributed by atoms with Crippen LogP contribution >= 0.6 is 0 Å². The van der Waals surface area contributed by atoms with Gasteiger partial charge < -0.3 is 0 Å². The molecule has 4 rings (SSSR count). The number of hydrogen-bond acceptors (Lipinski definition) is 7. The second-order valence-corrected chi connectivity index (χ2v) is 6.74. The minimum absolute atomic E-state index is 0.120. The maximum absolute atomic E-state index is 13.5. The van der Waals surface area contributed by atoms with Crippen LogP contribution in [-0.4, -0.2) is 25.6 Å². The van der Waals surface area contributed by atoms with E-state index in [0.29, 0.717) is 11.1 Å². The molecule has 0 unspecified atom stereocenters. The second-order valence-electron chi connectivity index (χ2n) is 6.74. The molecule has 2 aromatic carbocycles. The van der Waals surface area contributed by atoms with Crippen LogP contribution in [0.15, 0.2) is 85.2 Å². The quantitative estimate of drug-likeness (QED) is 0.244. The minimum Gasteiger partial charge on any atom is -0.288 e. The van der Waals surface area contributed by atoms with Gasteiger partial charge >= 0.3 is 0 Å². The number of non-ortho nitro benzene ring substituents is 2. The number of ketones is 1. The smallest absolute Gasteiger partial charge is 0.270 e. The maximum Gasteiger partial charge on any atom is 0.270 e. The summed E-state index contributed by atoms with van der Waals surface area (Å²) in [5, 5.41) is 22.3. The number of pyridine rings is 2. The Morgan fingerprint density at radius 3 is 1.50 bits per heavy atom. The standard InChI is InChI=1S/C23H14N4O5/c28-23(19-9-3-11-24-21(19)15-5-1-7-17(13-15)26(29)30)20-10-4-12-25-22(20)16-6-2-8-18(14-16)27(31)32/h1-14H. The van der Waals surface area contributed by atoms with Crippen molar-refractivity contribution >= 4 is 17.2 Å². The summed E-state index contributed by atoms with van der Waals surface area (Å²) in [7, 11) is 0. The number of carbonyl (C=O) groups is 1. The average molecular weight is 426 g/mol. The summed E-state index contributed by atoms with van der Waals surface area (Å²) in [6.07, 6.45) is 2.99. The number of nitrogens with zero attached hydrogens (tertiary/aromatic N) is 4. The first-order valence-electron chi connectivity index (χ1n) is 9.40. The van der Waals surface area contributed by atoms with Crippen molar-refractivity contribution in [3.63, 3.8) is 0 Å². The highest BCUT2D eigenvalue weighted by atomic mass is 16.6. The van der Waals surface area contributed by atoms with Crippen molar-refractivity contribution in [1.82, 2.24) is 9.97 Å². The molecule has 0 N–H and O–H groups in total. The molecular formula is C23H14N4O5. The molecule has 0 amide bonds. The highest BCUT2D eigenvalue weighted by molar-refractivity contribution is 6.15. The predicted molar refractivity (Wildman–Crippen MR) is 116 cm³/mol. The third-order valence-electron chi connectivity index (χ3n) is 4.77. The van der Waals surface area contributed by atoms with Crippen LogP contribution in [0.3, 0.4) is 0 Å². The Hall–Kier alpha value is -4.79. The molecule has 0 saturated heterocycles. The van der Waals surface area contributed by atoms with E-state index in [9.17, 15) is 25.0 Å². The molecule has 0 saturated carbocycles. The Labute approximate surface area is 181 Å². The van der Waals surface area contributed by atoms with Gasteiger partial charge in [0.2, 0.25) is 0 Å². The van der Waals surface area contributed by atoms with Gasteiger partial charge in [-0.25, -0.2) is 0 Å². The molecular weight excluding hydrogens is 412 g/mol. The first-order valence-corrected chi connectivity index (χ1v) is 9.40. The van der Waals surface area contributed by atoms with Gasteiger partial charge in [0.15, 0.2) is 5.78 Å². The van der Waals surface area contributed by atoms with Gasteiger partial charge in [-0.15, -0.1) is 0 Å². The predicted octanol–water partition coefficient (Wildman–Crippen LogP) is 4.86. The molecule has 9 heteroatoms. The van der Waals surface area contributed by atoms with Crippen LogP contribution < -0.4 is 0 Å². The molecule has 0 atom stereocenters. The van der Waals surface area contributed by atoms with Crippen molar-refractivity contribution in [3.05, 3.63) is 117 Å². The summed E-state index contributed by atoms with van der Waals surface area (Å²) in [5.41, 5.74) is 1.63. The van der Waals surface area contributed by atoms with Gasteiger partial charge in [0, 0.05) is 58.9 Å². The molecule has 0 fully saturated rings. The van der Waals surface area contributed by atoms with E-state index in [1.807, 2.05) is 0 Å². The third-order valence-corrected chi connectivity index (χ3v) is 4.77. The minimum atomic E-state index is -0.518. The van der Waals surface area contributed by atoms with Crippen molar-refractivity contribution in [1.29, 1.82) is 0 Å². The van der Waals surface area contributed by atoms with Crippen LogP contribution in [0.1, 0.15) is 15.9 Å². The van der Waals surface area contributed by atoms with Crippen molar-refractivity contribution in [2.75, 3.05) is 0 Å². The number of rotatable bonds is 6. The van der Waals surface area contributed by atoms with E-state index in [1.165, 1.54) is 48.8 Å². The number of nitro benzene ring substituents is 2. The number of hydrogen-bond donors (Lipinski definition) is 0. The zero-order chi connectivity index (χ0) is 22.7. The summed E-state index contributed by atoms with van der Waals surface area (Å²) in [6.45, 7) is 0. The molecule has 156 valence electrons. The summed E-state index contributed by atoms with van der Waals surface area (Å²) in [5.74, 6) is -0.408. The van der Waals surface area contributed by atoms with Crippen molar-refractivity contribution in [3.8, 4) is 22.5 Å². The fourth-order valence-electron chi connectivity index (χ4n) is 3.32. The number of benzene rings is 2. The Morgan fingerprint density at radius 1 is 0.656 bits per heavy atom. The molecule has 0 aliphatic carbocycles. The highest BCUT2D eigenvalue weighted by Gasteiger charge is 2.21. The largest absolute Gasteiger partial charge is 0.288 e. The van der Waals surface area contributed by atoms with E-state index in [2.05, 4.69) is 9.97 Å². The van der Waals surface area contributed by atoms with Crippen LogP contribution in [0, 0.1) is 20.2 Å². The Bertz CT molecular complexity index is 1270. The van der Waals surface area contributed by atoms with E-state index < -0.39 is 15.6 Å². The molecule has 0 aliphatic heterocycles. The van der Waals surface area contributed by atoms with Gasteiger partial charge in [0.1, 0.15) is 0 Å². The van der Waals surface area contributed by atoms with Crippen LogP contribution in [-0.2, 0) is 0 Å². The lowest BCUT2D eigenvalue weighted by molar-refractivity contribution is -0.385. The van der Waals surface area contributed by atoms with Crippen molar-refractivity contribution in [2.45, 2.75) is 0 Å². The number of carbonyl (C=O) groups excluding carboxylic acids is 1. The summed E-state index contributed by atoms with van der Waals surface area (Å²) in [6, 6.07) is 18.1. The van der Waals surface area contributed by atoms with E-state index in [4.69, 9.17) is 0 Å². The molecule has 0 bridgehead atoms. The molecule has 32 heavy (non-hydrogen) atoms. The normalized spacial score (nSPS) is 10.5. The van der Waals surface area contributed by atoms with Crippen LogP contribution in [0.5, 0.6) is 0 Å². The van der Waals surface area contributed by atoms with Crippen LogP contribution in [0.4, 0.5) is 11.4 Å². The second kappa shape index (κ2) is 8.52. The van der Waals surface area contributed by atoms with E-state index in [1.54, 1.807) is 36.4 Å². The first kappa shape index (κ1) is 20.5. The summed E-state index contributed by atoms with van der Waals surface area (Å²) < 4.78 is 0. The fraction of sp³-hybridized carbons (Fsp3) is 0. The Balaban J connectivity index is 1.83. The Kier molecular flexibility index (Phi) is 5.45. The third kappa shape index (κ3) is 3.94. The van der Waals surface area contributed by atoms with Crippen LogP contribution in [0.25, 0.3) is 22.5 Å². The van der Waals surface area contributed by atoms with Gasteiger partial charge in [-0.2, -0.15) is 0 Å². The van der Waals surface area contributed by atoms with Gasteiger partial charge in [0.05, 0.1) is 21.2 Å². The lowest BCUT2D eigenvalue weighted by Gasteiger charge is -2.11. The number of aromatic nitrogens is 2. The molecule has 0 aliphatic rings. The fourth-order valence-corrected chi connectivity index (χ4v) is 3.32. The first-order chi connectivity index (χ1) is 15.5. The van der Waals surface area contributed by atoms with Gasteiger partial charge in [0.25, 0.3) is 11.4 Å². The van der Waals surface area contributed by atoms with Gasteiger partial charge in [-0.05, 0) is 24.3 Å². The lowest BCUT2D eigenvalue weighted by Crippen LogP contribution is -2.08. The van der Waals surface area contributed by atoms with Gasteiger partial charge in [-0.1, -0.05) is 24.3 Å². The van der Waals surface area contributed by atoms with Gasteiger partial charge in [-0.3, -0.25) is 35.0 Å².